The number of carbonyl (C=O) groups excluding carboxylic acids is 1. The number of aliphatic imine (C=N–C) groups is 1. The molecule has 0 aromatic heterocycles. The molecule has 2 heterocycles. The number of nitrogens with one attached hydrogen (secondary N) is 1. The van der Waals surface area contributed by atoms with Gasteiger partial charge in [-0.1, -0.05) is 0 Å². The maximum absolute atomic E-state index is 12.0. The van der Waals surface area contributed by atoms with Crippen LogP contribution in [0.3, 0.4) is 0 Å². The molecule has 0 amide bonds. The van der Waals surface area contributed by atoms with Crippen molar-refractivity contribution in [1.29, 1.82) is 0 Å². The fourth-order valence-electron chi connectivity index (χ4n) is 3.02. The van der Waals surface area contributed by atoms with Crippen LogP contribution in [0.1, 0.15) is 39.5 Å². The molecule has 2 saturated heterocycles. The molecule has 0 radical (unpaired) electrons. The zero-order valence-corrected chi connectivity index (χ0v) is 13.8. The molecule has 126 valence electrons. The Labute approximate surface area is 133 Å². The predicted octanol–water partition coefficient (Wildman–Crippen LogP) is 1.41. The molecule has 2 fully saturated rings. The van der Waals surface area contributed by atoms with Crippen molar-refractivity contribution in [2.75, 3.05) is 39.4 Å². The average Bonchev–Trinajstić information content (AvgIpc) is 3.05. The lowest BCUT2D eigenvalue weighted by atomic mass is 9.98. The lowest BCUT2D eigenvalue weighted by Crippen LogP contribution is -2.48. The molecule has 2 aliphatic rings. The number of piperidine rings is 1. The van der Waals surface area contributed by atoms with Crippen LogP contribution < -0.4 is 5.32 Å². The van der Waals surface area contributed by atoms with Crippen molar-refractivity contribution in [3.05, 3.63) is 0 Å². The SMILES string of the molecule is CCNC(=NCC1CCCO1)N1CCCC(C(=O)OCC)C1. The summed E-state index contributed by atoms with van der Waals surface area (Å²) >= 11 is 0. The number of nitrogens with zero attached hydrogens (tertiary/aromatic N) is 2. The third-order valence-electron chi connectivity index (χ3n) is 4.14. The molecule has 0 saturated carbocycles. The van der Waals surface area contributed by atoms with Gasteiger partial charge in [-0.25, -0.2) is 0 Å². The highest BCUT2D eigenvalue weighted by molar-refractivity contribution is 5.81. The van der Waals surface area contributed by atoms with Gasteiger partial charge in [-0.2, -0.15) is 0 Å². The van der Waals surface area contributed by atoms with Gasteiger partial charge in [-0.15, -0.1) is 0 Å². The third-order valence-corrected chi connectivity index (χ3v) is 4.14. The van der Waals surface area contributed by atoms with Crippen molar-refractivity contribution in [1.82, 2.24) is 10.2 Å². The maximum atomic E-state index is 12.0. The minimum absolute atomic E-state index is 0.0414. The molecule has 2 unspecified atom stereocenters. The number of guanidine groups is 1. The normalized spacial score (nSPS) is 26.1. The number of rotatable bonds is 5. The van der Waals surface area contributed by atoms with Crippen LogP contribution in [-0.4, -0.2) is 62.3 Å². The van der Waals surface area contributed by atoms with E-state index in [0.717, 1.165) is 51.3 Å². The molecule has 6 heteroatoms. The van der Waals surface area contributed by atoms with Crippen LogP contribution in [0.25, 0.3) is 0 Å². The van der Waals surface area contributed by atoms with Gasteiger partial charge in [0.2, 0.25) is 0 Å². The highest BCUT2D eigenvalue weighted by Crippen LogP contribution is 2.18. The standard InChI is InChI=1S/C16H29N3O3/c1-3-17-16(18-11-14-8-6-10-22-14)19-9-5-7-13(12-19)15(20)21-4-2/h13-14H,3-12H2,1-2H3,(H,17,18). The summed E-state index contributed by atoms with van der Waals surface area (Å²) in [6.45, 7) is 8.37. The quantitative estimate of drug-likeness (QED) is 0.472. The zero-order valence-electron chi connectivity index (χ0n) is 13.8. The Morgan fingerprint density at radius 2 is 2.23 bits per heavy atom. The average molecular weight is 311 g/mol. The van der Waals surface area contributed by atoms with Gasteiger partial charge in [0.1, 0.15) is 0 Å². The summed E-state index contributed by atoms with van der Waals surface area (Å²) in [5.74, 6) is 0.773. The second-order valence-electron chi connectivity index (χ2n) is 5.87. The van der Waals surface area contributed by atoms with Crippen LogP contribution in [0.5, 0.6) is 0 Å². The largest absolute Gasteiger partial charge is 0.466 e. The maximum Gasteiger partial charge on any atom is 0.310 e. The van der Waals surface area contributed by atoms with E-state index in [1.165, 1.54) is 0 Å². The van der Waals surface area contributed by atoms with E-state index in [4.69, 9.17) is 14.5 Å². The lowest BCUT2D eigenvalue weighted by molar-refractivity contribution is -0.149. The van der Waals surface area contributed by atoms with Crippen LogP contribution in [0.15, 0.2) is 4.99 Å². The van der Waals surface area contributed by atoms with Gasteiger partial charge in [0.15, 0.2) is 5.96 Å². The van der Waals surface area contributed by atoms with Gasteiger partial charge < -0.3 is 19.7 Å². The molecule has 0 aromatic carbocycles. The first kappa shape index (κ1) is 17.1. The van der Waals surface area contributed by atoms with Crippen LogP contribution >= 0.6 is 0 Å². The van der Waals surface area contributed by atoms with E-state index in [1.54, 1.807) is 0 Å². The van der Waals surface area contributed by atoms with E-state index in [0.29, 0.717) is 19.7 Å². The van der Waals surface area contributed by atoms with E-state index in [2.05, 4.69) is 17.1 Å². The van der Waals surface area contributed by atoms with Gasteiger partial charge in [-0.05, 0) is 39.5 Å². The first-order valence-corrected chi connectivity index (χ1v) is 8.56. The minimum Gasteiger partial charge on any atom is -0.466 e. The zero-order chi connectivity index (χ0) is 15.8. The summed E-state index contributed by atoms with van der Waals surface area (Å²) in [5, 5.41) is 3.34. The fourth-order valence-corrected chi connectivity index (χ4v) is 3.02. The van der Waals surface area contributed by atoms with Gasteiger partial charge >= 0.3 is 5.97 Å². The fraction of sp³-hybridized carbons (Fsp3) is 0.875. The Hall–Kier alpha value is -1.30. The molecule has 6 nitrogen and oxygen atoms in total. The van der Waals surface area contributed by atoms with Gasteiger partial charge in [0.05, 0.1) is 25.2 Å². The van der Waals surface area contributed by atoms with Crippen molar-refractivity contribution in [3.63, 3.8) is 0 Å². The smallest absolute Gasteiger partial charge is 0.310 e. The number of ether oxygens (including phenoxy) is 2. The van der Waals surface area contributed by atoms with Crippen molar-refractivity contribution >= 4 is 11.9 Å². The second-order valence-corrected chi connectivity index (χ2v) is 5.87. The number of hydrogen-bond acceptors (Lipinski definition) is 4. The summed E-state index contributed by atoms with van der Waals surface area (Å²) < 4.78 is 10.8. The summed E-state index contributed by atoms with van der Waals surface area (Å²) in [6.07, 6.45) is 4.37. The van der Waals surface area contributed by atoms with Crippen LogP contribution in [0.4, 0.5) is 0 Å². The Balaban J connectivity index is 1.94. The molecular weight excluding hydrogens is 282 g/mol. The van der Waals surface area contributed by atoms with Gasteiger partial charge in [0, 0.05) is 26.2 Å². The highest BCUT2D eigenvalue weighted by Gasteiger charge is 2.28. The highest BCUT2D eigenvalue weighted by atomic mass is 16.5. The first-order chi connectivity index (χ1) is 10.7. The Morgan fingerprint density at radius 3 is 2.91 bits per heavy atom. The summed E-state index contributed by atoms with van der Waals surface area (Å²) in [5.41, 5.74) is 0. The minimum atomic E-state index is -0.0813. The molecule has 0 spiro atoms. The third kappa shape index (κ3) is 4.87. The molecule has 2 atom stereocenters. The molecular formula is C16H29N3O3. The van der Waals surface area contributed by atoms with E-state index >= 15 is 0 Å². The van der Waals surface area contributed by atoms with Crippen molar-refractivity contribution < 1.29 is 14.3 Å². The lowest BCUT2D eigenvalue weighted by Gasteiger charge is -2.34. The first-order valence-electron chi connectivity index (χ1n) is 8.56. The topological polar surface area (TPSA) is 63.2 Å². The van der Waals surface area contributed by atoms with Crippen molar-refractivity contribution in [2.24, 2.45) is 10.9 Å². The molecule has 2 aliphatic heterocycles. The Morgan fingerprint density at radius 1 is 1.36 bits per heavy atom. The molecule has 2 rings (SSSR count). The van der Waals surface area contributed by atoms with Gasteiger partial charge in [-0.3, -0.25) is 9.79 Å². The second kappa shape index (κ2) is 8.98. The monoisotopic (exact) mass is 311 g/mol. The summed E-state index contributed by atoms with van der Waals surface area (Å²) in [6, 6.07) is 0. The number of likely N-dealkylation sites (tertiary alicyclic amines) is 1. The van der Waals surface area contributed by atoms with Crippen molar-refractivity contribution in [2.45, 2.75) is 45.6 Å². The summed E-state index contributed by atoms with van der Waals surface area (Å²) in [4.78, 5) is 18.9. The van der Waals surface area contributed by atoms with E-state index in [1.807, 2.05) is 6.92 Å². The molecule has 0 aliphatic carbocycles. The van der Waals surface area contributed by atoms with E-state index in [-0.39, 0.29) is 18.0 Å². The van der Waals surface area contributed by atoms with E-state index < -0.39 is 0 Å². The number of carbonyl (C=O) groups is 1. The molecule has 22 heavy (non-hydrogen) atoms. The Bertz CT molecular complexity index is 381. The Kier molecular flexibility index (Phi) is 6.96. The predicted molar refractivity (Wildman–Crippen MR) is 85.9 cm³/mol. The van der Waals surface area contributed by atoms with Crippen molar-refractivity contribution in [3.8, 4) is 0 Å². The van der Waals surface area contributed by atoms with Crippen LogP contribution in [0.2, 0.25) is 0 Å². The van der Waals surface area contributed by atoms with Crippen LogP contribution in [-0.2, 0) is 14.3 Å². The number of hydrogen-bond donors (Lipinski definition) is 1. The van der Waals surface area contributed by atoms with Crippen LogP contribution in [0, 0.1) is 5.92 Å². The molecule has 0 aromatic rings. The molecule has 0 bridgehead atoms. The number of esters is 1. The van der Waals surface area contributed by atoms with E-state index in [9.17, 15) is 4.79 Å². The molecule has 1 N–H and O–H groups in total. The summed E-state index contributed by atoms with van der Waals surface area (Å²) in [7, 11) is 0. The van der Waals surface area contributed by atoms with Gasteiger partial charge in [0.25, 0.3) is 0 Å².